The highest BCUT2D eigenvalue weighted by Crippen LogP contribution is 2.36. The topological polar surface area (TPSA) is 45.4 Å². The molecule has 0 bridgehead atoms. The van der Waals surface area contributed by atoms with Crippen molar-refractivity contribution >= 4 is 50.8 Å². The van der Waals surface area contributed by atoms with Crippen LogP contribution in [0.3, 0.4) is 0 Å². The molecule has 0 radical (unpaired) electrons. The van der Waals surface area contributed by atoms with Gasteiger partial charge in [-0.15, -0.1) is 0 Å². The first kappa shape index (κ1) is 27.7. The van der Waals surface area contributed by atoms with Crippen LogP contribution in [0, 0.1) is 12.8 Å². The van der Waals surface area contributed by atoms with Crippen molar-refractivity contribution < 1.29 is 0 Å². The van der Waals surface area contributed by atoms with E-state index in [0.29, 0.717) is 5.92 Å². The molecular formula is C32H33BrClN5S. The minimum absolute atomic E-state index is 0.0343. The number of benzene rings is 3. The van der Waals surface area contributed by atoms with Gasteiger partial charge in [-0.2, -0.15) is 5.10 Å². The molecule has 0 aliphatic carbocycles. The van der Waals surface area contributed by atoms with Crippen LogP contribution in [0.25, 0.3) is 0 Å². The smallest absolute Gasteiger partial charge is 0.166 e. The van der Waals surface area contributed by atoms with Crippen molar-refractivity contribution in [3.8, 4) is 0 Å². The summed E-state index contributed by atoms with van der Waals surface area (Å²) in [7, 11) is 0. The second-order valence-electron chi connectivity index (χ2n) is 10.7. The lowest BCUT2D eigenvalue weighted by molar-refractivity contribution is 0.158. The summed E-state index contributed by atoms with van der Waals surface area (Å²) in [5.74, 6) is 1.42. The SMILES string of the molecule is Cc1ccc(Sc2ccccc2CN2CCCC(CNC3CC(c4ccccc4Cl)=Nc4c(Br)cnn43)C2)cc1. The van der Waals surface area contributed by atoms with Crippen LogP contribution in [0.5, 0.6) is 0 Å². The van der Waals surface area contributed by atoms with Crippen molar-refractivity contribution in [3.05, 3.63) is 105 Å². The maximum atomic E-state index is 6.55. The molecule has 2 unspecified atom stereocenters. The quantitative estimate of drug-likeness (QED) is 0.212. The van der Waals surface area contributed by atoms with Crippen LogP contribution in [0.15, 0.2) is 98.2 Å². The zero-order chi connectivity index (χ0) is 27.5. The molecule has 2 aliphatic heterocycles. The molecule has 5 nitrogen and oxygen atoms in total. The number of likely N-dealkylation sites (tertiary alicyclic amines) is 1. The maximum Gasteiger partial charge on any atom is 0.166 e. The highest BCUT2D eigenvalue weighted by Gasteiger charge is 2.28. The third-order valence-corrected chi connectivity index (χ3v) is 9.71. The number of aliphatic imine (C=N–C) groups is 1. The molecule has 1 N–H and O–H groups in total. The van der Waals surface area contributed by atoms with Gasteiger partial charge in [0.15, 0.2) is 5.82 Å². The molecule has 4 aromatic rings. The predicted octanol–water partition coefficient (Wildman–Crippen LogP) is 8.28. The largest absolute Gasteiger partial charge is 0.299 e. The van der Waals surface area contributed by atoms with Gasteiger partial charge in [0.1, 0.15) is 6.17 Å². The average molecular weight is 635 g/mol. The summed E-state index contributed by atoms with van der Waals surface area (Å²) in [6, 6.07) is 25.6. The van der Waals surface area contributed by atoms with E-state index in [1.807, 2.05) is 46.9 Å². The number of halogens is 2. The van der Waals surface area contributed by atoms with E-state index >= 15 is 0 Å². The van der Waals surface area contributed by atoms with Gasteiger partial charge in [-0.1, -0.05) is 77.5 Å². The van der Waals surface area contributed by atoms with Crippen LogP contribution in [-0.2, 0) is 6.54 Å². The molecule has 2 aliphatic rings. The lowest BCUT2D eigenvalue weighted by Crippen LogP contribution is -2.41. The predicted molar refractivity (Wildman–Crippen MR) is 169 cm³/mol. The summed E-state index contributed by atoms with van der Waals surface area (Å²) in [6.45, 7) is 6.28. The minimum Gasteiger partial charge on any atom is -0.299 e. The first-order chi connectivity index (χ1) is 19.5. The van der Waals surface area contributed by atoms with Crippen LogP contribution < -0.4 is 5.32 Å². The third-order valence-electron chi connectivity index (χ3n) is 7.69. The monoisotopic (exact) mass is 633 g/mol. The first-order valence-electron chi connectivity index (χ1n) is 13.9. The molecule has 40 heavy (non-hydrogen) atoms. The van der Waals surface area contributed by atoms with Crippen molar-refractivity contribution in [1.82, 2.24) is 20.0 Å². The Hall–Kier alpha value is -2.42. The molecule has 2 atom stereocenters. The van der Waals surface area contributed by atoms with Crippen molar-refractivity contribution in [2.45, 2.75) is 48.7 Å². The zero-order valence-corrected chi connectivity index (χ0v) is 25.7. The molecule has 8 heteroatoms. The van der Waals surface area contributed by atoms with Gasteiger partial charge in [-0.25, -0.2) is 9.67 Å². The Morgan fingerprint density at radius 3 is 2.70 bits per heavy atom. The zero-order valence-electron chi connectivity index (χ0n) is 22.6. The van der Waals surface area contributed by atoms with Gasteiger partial charge in [0.2, 0.25) is 0 Å². The van der Waals surface area contributed by atoms with Crippen LogP contribution in [-0.4, -0.2) is 40.0 Å². The fourth-order valence-corrected chi connectivity index (χ4v) is 7.15. The average Bonchev–Trinajstić information content (AvgIpc) is 3.35. The van der Waals surface area contributed by atoms with E-state index in [4.69, 9.17) is 16.6 Å². The fraction of sp³-hybridized carbons (Fsp3) is 0.312. The normalized spacial score (nSPS) is 19.3. The van der Waals surface area contributed by atoms with E-state index in [9.17, 15) is 0 Å². The van der Waals surface area contributed by atoms with Gasteiger partial charge >= 0.3 is 0 Å². The van der Waals surface area contributed by atoms with Crippen molar-refractivity contribution in [1.29, 1.82) is 0 Å². The fourth-order valence-electron chi connectivity index (χ4n) is 5.61. The van der Waals surface area contributed by atoms with Gasteiger partial charge in [0.25, 0.3) is 0 Å². The number of hydrogen-bond acceptors (Lipinski definition) is 5. The summed E-state index contributed by atoms with van der Waals surface area (Å²) in [4.78, 5) is 10.2. The minimum atomic E-state index is 0.0343. The summed E-state index contributed by atoms with van der Waals surface area (Å²) in [5, 5.41) is 9.19. The van der Waals surface area contributed by atoms with Crippen LogP contribution in [0.1, 0.15) is 42.1 Å². The highest BCUT2D eigenvalue weighted by molar-refractivity contribution is 9.10. The Morgan fingerprint density at radius 2 is 1.85 bits per heavy atom. The van der Waals surface area contributed by atoms with E-state index < -0.39 is 0 Å². The number of hydrogen-bond donors (Lipinski definition) is 1. The first-order valence-corrected chi connectivity index (χ1v) is 15.9. The molecule has 1 fully saturated rings. The highest BCUT2D eigenvalue weighted by atomic mass is 79.9. The van der Waals surface area contributed by atoms with Gasteiger partial charge in [0.05, 0.1) is 16.4 Å². The number of aryl methyl sites for hydroxylation is 1. The molecule has 3 aromatic carbocycles. The van der Waals surface area contributed by atoms with E-state index in [-0.39, 0.29) is 6.17 Å². The van der Waals surface area contributed by atoms with Gasteiger partial charge in [-0.05, 0) is 78.0 Å². The summed E-state index contributed by atoms with van der Waals surface area (Å²) in [5.41, 5.74) is 4.68. The second kappa shape index (κ2) is 12.6. The Morgan fingerprint density at radius 1 is 1.05 bits per heavy atom. The Labute approximate surface area is 254 Å². The number of rotatable bonds is 8. The number of nitrogens with zero attached hydrogens (tertiary/aromatic N) is 4. The van der Waals surface area contributed by atoms with E-state index in [2.05, 4.69) is 86.7 Å². The molecule has 6 rings (SSSR count). The number of fused-ring (bicyclic) bond motifs is 1. The molecule has 206 valence electrons. The lowest BCUT2D eigenvalue weighted by atomic mass is 9.97. The second-order valence-corrected chi connectivity index (χ2v) is 13.1. The molecule has 1 aromatic heterocycles. The van der Waals surface area contributed by atoms with E-state index in [1.54, 1.807) is 0 Å². The molecular weight excluding hydrogens is 602 g/mol. The standard InChI is InChI=1S/C32H33BrClN5S/c1-22-12-14-25(15-13-22)40-30-11-5-2-8-24(30)21-38-16-6-7-23(20-38)18-35-31-17-29(26-9-3-4-10-28(26)34)37-32-27(33)19-36-39(31)32/h2-5,8-15,19,23,31,35H,6-7,16-18,20-21H2,1H3. The van der Waals surface area contributed by atoms with E-state index in [1.165, 1.54) is 33.8 Å². The Balaban J connectivity index is 1.11. The molecule has 0 amide bonds. The van der Waals surface area contributed by atoms with Crippen LogP contribution in [0.4, 0.5) is 5.82 Å². The van der Waals surface area contributed by atoms with Crippen molar-refractivity contribution in [2.75, 3.05) is 19.6 Å². The van der Waals surface area contributed by atoms with Crippen LogP contribution in [0.2, 0.25) is 5.02 Å². The maximum absolute atomic E-state index is 6.55. The van der Waals surface area contributed by atoms with Crippen molar-refractivity contribution in [3.63, 3.8) is 0 Å². The van der Waals surface area contributed by atoms with Crippen molar-refractivity contribution in [2.24, 2.45) is 10.9 Å². The Kier molecular flexibility index (Phi) is 8.75. The lowest BCUT2D eigenvalue weighted by Gasteiger charge is -2.34. The van der Waals surface area contributed by atoms with E-state index in [0.717, 1.165) is 59.2 Å². The van der Waals surface area contributed by atoms with Gasteiger partial charge < -0.3 is 0 Å². The number of aromatic nitrogens is 2. The third kappa shape index (κ3) is 6.39. The molecule has 3 heterocycles. The number of piperidine rings is 1. The summed E-state index contributed by atoms with van der Waals surface area (Å²) >= 11 is 12.0. The molecule has 0 spiro atoms. The summed E-state index contributed by atoms with van der Waals surface area (Å²) in [6.07, 6.45) is 5.06. The molecule has 0 saturated carbocycles. The van der Waals surface area contributed by atoms with Crippen LogP contribution >= 0.6 is 39.3 Å². The number of nitrogens with one attached hydrogen (secondary N) is 1. The Bertz CT molecular complexity index is 1500. The molecule has 1 saturated heterocycles. The summed E-state index contributed by atoms with van der Waals surface area (Å²) < 4.78 is 2.90. The van der Waals surface area contributed by atoms with Gasteiger partial charge in [-0.3, -0.25) is 10.2 Å². The van der Waals surface area contributed by atoms with Gasteiger partial charge in [0, 0.05) is 46.4 Å².